The molecule has 0 aromatic carbocycles. The van der Waals surface area contributed by atoms with Crippen molar-refractivity contribution in [2.75, 3.05) is 26.3 Å². The number of nitrogens with one attached hydrogen (secondary N) is 1. The zero-order valence-electron chi connectivity index (χ0n) is 8.85. The topological polar surface area (TPSA) is 21.3 Å². The average Bonchev–Trinajstić information content (AvgIpc) is 2.19. The molecule has 1 N–H and O–H groups in total. The molecule has 0 bridgehead atoms. The van der Waals surface area contributed by atoms with E-state index >= 15 is 0 Å². The first-order valence-corrected chi connectivity index (χ1v) is 5.72. The fourth-order valence-electron chi connectivity index (χ4n) is 1.89. The lowest BCUT2D eigenvalue weighted by atomic mass is 9.94. The van der Waals surface area contributed by atoms with E-state index in [1.54, 1.807) is 0 Å². The number of hydrogen-bond acceptors (Lipinski definition) is 2. The minimum Gasteiger partial charge on any atom is -0.381 e. The van der Waals surface area contributed by atoms with Crippen molar-refractivity contribution in [2.24, 2.45) is 5.92 Å². The van der Waals surface area contributed by atoms with E-state index in [9.17, 15) is 0 Å². The minimum atomic E-state index is 0.954. The summed E-state index contributed by atoms with van der Waals surface area (Å²) in [6.07, 6.45) is 6.72. The molecular formula is C11H23NO. The van der Waals surface area contributed by atoms with Gasteiger partial charge in [0.2, 0.25) is 0 Å². The van der Waals surface area contributed by atoms with Crippen LogP contribution in [0.3, 0.4) is 0 Å². The monoisotopic (exact) mass is 185 g/mol. The largest absolute Gasteiger partial charge is 0.381 e. The molecule has 0 saturated carbocycles. The Labute approximate surface area is 82.0 Å². The zero-order chi connectivity index (χ0) is 9.36. The molecule has 1 rings (SSSR count). The molecule has 0 spiro atoms. The Bertz CT molecular complexity index is 111. The Morgan fingerprint density at radius 2 is 2.00 bits per heavy atom. The number of rotatable bonds is 6. The summed E-state index contributed by atoms with van der Waals surface area (Å²) in [5.74, 6) is 0.954. The predicted molar refractivity (Wildman–Crippen MR) is 55.9 cm³/mol. The number of ether oxygens (including phenoxy) is 1. The van der Waals surface area contributed by atoms with Gasteiger partial charge in [-0.25, -0.2) is 0 Å². The molecule has 1 aliphatic heterocycles. The molecule has 0 radical (unpaired) electrons. The summed E-state index contributed by atoms with van der Waals surface area (Å²) in [5.41, 5.74) is 0. The second kappa shape index (κ2) is 7.34. The van der Waals surface area contributed by atoms with E-state index < -0.39 is 0 Å². The van der Waals surface area contributed by atoms with Crippen molar-refractivity contribution < 1.29 is 4.74 Å². The molecule has 2 nitrogen and oxygen atoms in total. The van der Waals surface area contributed by atoms with Gasteiger partial charge in [0.25, 0.3) is 0 Å². The molecule has 1 saturated heterocycles. The molecule has 78 valence electrons. The van der Waals surface area contributed by atoms with Gasteiger partial charge in [0.15, 0.2) is 0 Å². The lowest BCUT2D eigenvalue weighted by molar-refractivity contribution is 0.0632. The first-order chi connectivity index (χ1) is 6.43. The second-order valence-electron chi connectivity index (χ2n) is 3.91. The normalized spacial score (nSPS) is 19.2. The third-order valence-corrected chi connectivity index (χ3v) is 2.81. The summed E-state index contributed by atoms with van der Waals surface area (Å²) in [5, 5.41) is 3.36. The van der Waals surface area contributed by atoms with Crippen LogP contribution in [-0.2, 0) is 4.74 Å². The van der Waals surface area contributed by atoms with Crippen LogP contribution >= 0.6 is 0 Å². The standard InChI is InChI=1S/C11H23NO/c1-2-12-8-4-3-5-11-6-9-13-10-7-11/h11-12H,2-10H2,1H3. The van der Waals surface area contributed by atoms with Gasteiger partial charge < -0.3 is 10.1 Å². The maximum Gasteiger partial charge on any atom is 0.0468 e. The van der Waals surface area contributed by atoms with Crippen LogP contribution in [0.2, 0.25) is 0 Å². The Morgan fingerprint density at radius 1 is 1.23 bits per heavy atom. The van der Waals surface area contributed by atoms with Gasteiger partial charge in [0.05, 0.1) is 0 Å². The van der Waals surface area contributed by atoms with Crippen molar-refractivity contribution in [3.8, 4) is 0 Å². The van der Waals surface area contributed by atoms with Crippen molar-refractivity contribution in [1.82, 2.24) is 5.32 Å². The number of unbranched alkanes of at least 4 members (excludes halogenated alkanes) is 1. The van der Waals surface area contributed by atoms with Gasteiger partial charge in [-0.05, 0) is 38.3 Å². The third-order valence-electron chi connectivity index (χ3n) is 2.81. The fourth-order valence-corrected chi connectivity index (χ4v) is 1.89. The molecule has 1 fully saturated rings. The maximum absolute atomic E-state index is 5.33. The SMILES string of the molecule is CCNCCCCC1CCOCC1. The third kappa shape index (κ3) is 5.27. The van der Waals surface area contributed by atoms with E-state index in [4.69, 9.17) is 4.74 Å². The van der Waals surface area contributed by atoms with Gasteiger partial charge in [-0.15, -0.1) is 0 Å². The van der Waals surface area contributed by atoms with Crippen molar-refractivity contribution in [3.63, 3.8) is 0 Å². The highest BCUT2D eigenvalue weighted by Crippen LogP contribution is 2.20. The first-order valence-electron chi connectivity index (χ1n) is 5.72. The highest BCUT2D eigenvalue weighted by Gasteiger charge is 2.12. The summed E-state index contributed by atoms with van der Waals surface area (Å²) in [6.45, 7) is 6.46. The van der Waals surface area contributed by atoms with Crippen LogP contribution in [0.1, 0.15) is 39.0 Å². The van der Waals surface area contributed by atoms with Gasteiger partial charge in [-0.1, -0.05) is 19.8 Å². The van der Waals surface area contributed by atoms with E-state index in [-0.39, 0.29) is 0 Å². The average molecular weight is 185 g/mol. The van der Waals surface area contributed by atoms with Crippen molar-refractivity contribution in [2.45, 2.75) is 39.0 Å². The van der Waals surface area contributed by atoms with Gasteiger partial charge in [-0.2, -0.15) is 0 Å². The van der Waals surface area contributed by atoms with Crippen LogP contribution in [-0.4, -0.2) is 26.3 Å². The maximum atomic E-state index is 5.33. The van der Waals surface area contributed by atoms with Crippen molar-refractivity contribution in [3.05, 3.63) is 0 Å². The predicted octanol–water partition coefficient (Wildman–Crippen LogP) is 2.19. The molecule has 0 aliphatic carbocycles. The van der Waals surface area contributed by atoms with Crippen LogP contribution in [0.25, 0.3) is 0 Å². The van der Waals surface area contributed by atoms with E-state index in [0.29, 0.717) is 0 Å². The minimum absolute atomic E-state index is 0.954. The van der Waals surface area contributed by atoms with Crippen LogP contribution < -0.4 is 5.32 Å². The highest BCUT2D eigenvalue weighted by atomic mass is 16.5. The second-order valence-corrected chi connectivity index (χ2v) is 3.91. The lowest BCUT2D eigenvalue weighted by Crippen LogP contribution is -2.17. The molecule has 13 heavy (non-hydrogen) atoms. The Balaban J connectivity index is 1.86. The quantitative estimate of drug-likeness (QED) is 0.640. The first kappa shape index (κ1) is 11.0. The van der Waals surface area contributed by atoms with E-state index in [1.165, 1.54) is 38.6 Å². The lowest BCUT2D eigenvalue weighted by Gasteiger charge is -2.21. The molecule has 0 aromatic rings. The molecule has 0 amide bonds. The summed E-state index contributed by atoms with van der Waals surface area (Å²) >= 11 is 0. The van der Waals surface area contributed by atoms with Crippen LogP contribution in [0.5, 0.6) is 0 Å². The Morgan fingerprint density at radius 3 is 2.69 bits per heavy atom. The summed E-state index contributed by atoms with van der Waals surface area (Å²) < 4.78 is 5.33. The molecule has 2 heteroatoms. The van der Waals surface area contributed by atoms with Gasteiger partial charge in [-0.3, -0.25) is 0 Å². The van der Waals surface area contributed by atoms with Crippen LogP contribution in [0.4, 0.5) is 0 Å². The van der Waals surface area contributed by atoms with Crippen molar-refractivity contribution >= 4 is 0 Å². The smallest absolute Gasteiger partial charge is 0.0468 e. The molecule has 0 aromatic heterocycles. The fraction of sp³-hybridized carbons (Fsp3) is 1.00. The Kier molecular flexibility index (Phi) is 6.21. The highest BCUT2D eigenvalue weighted by molar-refractivity contribution is 4.63. The molecular weight excluding hydrogens is 162 g/mol. The van der Waals surface area contributed by atoms with Gasteiger partial charge in [0, 0.05) is 13.2 Å². The summed E-state index contributed by atoms with van der Waals surface area (Å²) in [4.78, 5) is 0. The molecule has 1 heterocycles. The van der Waals surface area contributed by atoms with E-state index in [2.05, 4.69) is 12.2 Å². The Hall–Kier alpha value is -0.0800. The van der Waals surface area contributed by atoms with Crippen molar-refractivity contribution in [1.29, 1.82) is 0 Å². The van der Waals surface area contributed by atoms with E-state index in [1.807, 2.05) is 0 Å². The zero-order valence-corrected chi connectivity index (χ0v) is 8.85. The summed E-state index contributed by atoms with van der Waals surface area (Å²) in [6, 6.07) is 0. The van der Waals surface area contributed by atoms with Gasteiger partial charge in [0.1, 0.15) is 0 Å². The van der Waals surface area contributed by atoms with Crippen LogP contribution in [0.15, 0.2) is 0 Å². The van der Waals surface area contributed by atoms with E-state index in [0.717, 1.165) is 25.7 Å². The number of hydrogen-bond donors (Lipinski definition) is 1. The molecule has 0 atom stereocenters. The molecule has 0 unspecified atom stereocenters. The van der Waals surface area contributed by atoms with Gasteiger partial charge >= 0.3 is 0 Å². The molecule has 1 aliphatic rings. The van der Waals surface area contributed by atoms with Crippen LogP contribution in [0, 0.1) is 5.92 Å². The summed E-state index contributed by atoms with van der Waals surface area (Å²) in [7, 11) is 0.